The summed E-state index contributed by atoms with van der Waals surface area (Å²) in [5.74, 6) is 0.498. The fourth-order valence-electron chi connectivity index (χ4n) is 1.90. The largest absolute Gasteiger partial charge is 0.495 e. The standard InChI is InChI=1S/C15H18N2O5S/c1-10-5-7-13(22-10)15(18)16-11-6-8-12(21-4)14(9-11)23(19,20)17(2)3/h5-9H,1-4H3,(H,16,18). The number of hydrogen-bond acceptors (Lipinski definition) is 5. The molecule has 2 rings (SSSR count). The number of nitrogens with one attached hydrogen (secondary N) is 1. The van der Waals surface area contributed by atoms with E-state index in [0.717, 1.165) is 4.31 Å². The summed E-state index contributed by atoms with van der Waals surface area (Å²) in [5.41, 5.74) is 0.324. The molecule has 0 atom stereocenters. The summed E-state index contributed by atoms with van der Waals surface area (Å²) in [4.78, 5) is 12.1. The number of benzene rings is 1. The fourth-order valence-corrected chi connectivity index (χ4v) is 2.98. The molecule has 0 saturated carbocycles. The van der Waals surface area contributed by atoms with Crippen molar-refractivity contribution in [2.75, 3.05) is 26.5 Å². The van der Waals surface area contributed by atoms with E-state index in [0.29, 0.717) is 11.4 Å². The Balaban J connectivity index is 2.36. The zero-order valence-corrected chi connectivity index (χ0v) is 14.1. The minimum absolute atomic E-state index is 0.0292. The van der Waals surface area contributed by atoms with Gasteiger partial charge in [0.05, 0.1) is 7.11 Å². The molecule has 1 aromatic carbocycles. The molecule has 7 nitrogen and oxygen atoms in total. The van der Waals surface area contributed by atoms with Crippen molar-refractivity contribution >= 4 is 21.6 Å². The van der Waals surface area contributed by atoms with E-state index in [9.17, 15) is 13.2 Å². The molecular formula is C15H18N2O5S. The highest BCUT2D eigenvalue weighted by Crippen LogP contribution is 2.29. The van der Waals surface area contributed by atoms with Gasteiger partial charge in [-0.3, -0.25) is 4.79 Å². The molecule has 23 heavy (non-hydrogen) atoms. The highest BCUT2D eigenvalue weighted by atomic mass is 32.2. The van der Waals surface area contributed by atoms with E-state index < -0.39 is 15.9 Å². The number of nitrogens with zero attached hydrogens (tertiary/aromatic N) is 1. The molecule has 2 aromatic rings. The Hall–Kier alpha value is -2.32. The van der Waals surface area contributed by atoms with Crippen LogP contribution in [0.4, 0.5) is 5.69 Å². The Kier molecular flexibility index (Phi) is 4.76. The molecule has 0 fully saturated rings. The minimum Gasteiger partial charge on any atom is -0.495 e. The van der Waals surface area contributed by atoms with Crippen LogP contribution in [0.5, 0.6) is 5.75 Å². The van der Waals surface area contributed by atoms with Crippen molar-refractivity contribution < 1.29 is 22.4 Å². The maximum atomic E-state index is 12.3. The summed E-state index contributed by atoms with van der Waals surface area (Å²) in [6.07, 6.45) is 0. The quantitative estimate of drug-likeness (QED) is 0.902. The number of aryl methyl sites for hydroxylation is 1. The summed E-state index contributed by atoms with van der Waals surface area (Å²) in [6, 6.07) is 7.61. The number of carbonyl (C=O) groups is 1. The summed E-state index contributed by atoms with van der Waals surface area (Å²) in [5, 5.41) is 2.60. The smallest absolute Gasteiger partial charge is 0.291 e. The van der Waals surface area contributed by atoms with Gasteiger partial charge in [0, 0.05) is 19.8 Å². The van der Waals surface area contributed by atoms with Gasteiger partial charge in [-0.1, -0.05) is 0 Å². The van der Waals surface area contributed by atoms with E-state index in [1.807, 2.05) is 0 Å². The first-order valence-electron chi connectivity index (χ1n) is 6.74. The summed E-state index contributed by atoms with van der Waals surface area (Å²) < 4.78 is 36.1. The predicted molar refractivity (Wildman–Crippen MR) is 85.3 cm³/mol. The zero-order chi connectivity index (χ0) is 17.2. The van der Waals surface area contributed by atoms with Gasteiger partial charge in [-0.2, -0.15) is 0 Å². The predicted octanol–water partition coefficient (Wildman–Crippen LogP) is 2.10. The van der Waals surface area contributed by atoms with Crippen LogP contribution in [-0.2, 0) is 10.0 Å². The number of carbonyl (C=O) groups excluding carboxylic acids is 1. The maximum absolute atomic E-state index is 12.3. The van der Waals surface area contributed by atoms with E-state index in [1.54, 1.807) is 25.1 Å². The minimum atomic E-state index is -3.70. The van der Waals surface area contributed by atoms with E-state index in [-0.39, 0.29) is 16.4 Å². The first-order chi connectivity index (χ1) is 10.8. The first-order valence-corrected chi connectivity index (χ1v) is 8.18. The van der Waals surface area contributed by atoms with Gasteiger partial charge in [-0.05, 0) is 37.3 Å². The molecule has 0 aliphatic carbocycles. The second-order valence-electron chi connectivity index (χ2n) is 5.02. The average molecular weight is 338 g/mol. The second kappa shape index (κ2) is 6.43. The lowest BCUT2D eigenvalue weighted by Gasteiger charge is -2.15. The van der Waals surface area contributed by atoms with Gasteiger partial charge >= 0.3 is 0 Å². The molecule has 0 aliphatic rings. The van der Waals surface area contributed by atoms with Crippen LogP contribution >= 0.6 is 0 Å². The Bertz CT molecular complexity index is 824. The van der Waals surface area contributed by atoms with Crippen LogP contribution in [-0.4, -0.2) is 39.8 Å². The van der Waals surface area contributed by atoms with Crippen molar-refractivity contribution in [2.45, 2.75) is 11.8 Å². The molecule has 1 aromatic heterocycles. The number of ether oxygens (including phenoxy) is 1. The Morgan fingerprint density at radius 2 is 1.91 bits per heavy atom. The average Bonchev–Trinajstić information content (AvgIpc) is 2.93. The van der Waals surface area contributed by atoms with Gasteiger partial charge in [0.25, 0.3) is 5.91 Å². The number of methoxy groups -OCH3 is 1. The molecule has 0 saturated heterocycles. The van der Waals surface area contributed by atoms with E-state index in [4.69, 9.17) is 9.15 Å². The van der Waals surface area contributed by atoms with Crippen molar-refractivity contribution in [1.29, 1.82) is 0 Å². The molecule has 0 bridgehead atoms. The van der Waals surface area contributed by atoms with Crippen molar-refractivity contribution in [3.05, 3.63) is 41.9 Å². The lowest BCUT2D eigenvalue weighted by molar-refractivity contribution is 0.0995. The highest BCUT2D eigenvalue weighted by molar-refractivity contribution is 7.89. The highest BCUT2D eigenvalue weighted by Gasteiger charge is 2.23. The zero-order valence-electron chi connectivity index (χ0n) is 13.3. The molecule has 0 aliphatic heterocycles. The lowest BCUT2D eigenvalue weighted by Crippen LogP contribution is -2.23. The van der Waals surface area contributed by atoms with E-state index in [1.165, 1.54) is 33.3 Å². The number of furan rings is 1. The second-order valence-corrected chi connectivity index (χ2v) is 7.14. The molecule has 0 unspecified atom stereocenters. The van der Waals surface area contributed by atoms with Gasteiger partial charge in [-0.25, -0.2) is 12.7 Å². The Morgan fingerprint density at radius 3 is 2.43 bits per heavy atom. The Morgan fingerprint density at radius 1 is 1.22 bits per heavy atom. The number of rotatable bonds is 5. The van der Waals surface area contributed by atoms with E-state index >= 15 is 0 Å². The Labute approximate surface area is 134 Å². The number of amides is 1. The first kappa shape index (κ1) is 17.0. The van der Waals surface area contributed by atoms with Gasteiger partial charge in [0.1, 0.15) is 16.4 Å². The topological polar surface area (TPSA) is 88.8 Å². The summed E-state index contributed by atoms with van der Waals surface area (Å²) >= 11 is 0. The molecule has 8 heteroatoms. The van der Waals surface area contributed by atoms with Gasteiger partial charge < -0.3 is 14.5 Å². The van der Waals surface area contributed by atoms with Crippen LogP contribution in [0.15, 0.2) is 39.6 Å². The van der Waals surface area contributed by atoms with Crippen molar-refractivity contribution in [3.8, 4) is 5.75 Å². The third-order valence-corrected chi connectivity index (χ3v) is 4.98. The third-order valence-electron chi connectivity index (χ3n) is 3.14. The van der Waals surface area contributed by atoms with Crippen LogP contribution in [0, 0.1) is 6.92 Å². The fraction of sp³-hybridized carbons (Fsp3) is 0.267. The van der Waals surface area contributed by atoms with Crippen LogP contribution < -0.4 is 10.1 Å². The van der Waals surface area contributed by atoms with E-state index in [2.05, 4.69) is 5.32 Å². The van der Waals surface area contributed by atoms with Crippen molar-refractivity contribution in [3.63, 3.8) is 0 Å². The number of sulfonamides is 1. The number of anilines is 1. The maximum Gasteiger partial charge on any atom is 0.291 e. The van der Waals surface area contributed by atoms with Gasteiger partial charge in [0.15, 0.2) is 5.76 Å². The van der Waals surface area contributed by atoms with Crippen LogP contribution in [0.1, 0.15) is 16.3 Å². The van der Waals surface area contributed by atoms with Crippen molar-refractivity contribution in [2.24, 2.45) is 0 Å². The van der Waals surface area contributed by atoms with Crippen LogP contribution in [0.3, 0.4) is 0 Å². The molecule has 124 valence electrons. The van der Waals surface area contributed by atoms with Crippen LogP contribution in [0.2, 0.25) is 0 Å². The lowest BCUT2D eigenvalue weighted by atomic mass is 10.3. The number of hydrogen-bond donors (Lipinski definition) is 1. The summed E-state index contributed by atoms with van der Waals surface area (Å²) in [6.45, 7) is 1.73. The van der Waals surface area contributed by atoms with Gasteiger partial charge in [-0.15, -0.1) is 0 Å². The molecule has 1 heterocycles. The molecule has 0 spiro atoms. The van der Waals surface area contributed by atoms with Crippen molar-refractivity contribution in [1.82, 2.24) is 4.31 Å². The molecular weight excluding hydrogens is 320 g/mol. The molecule has 0 radical (unpaired) electrons. The van der Waals surface area contributed by atoms with Crippen LogP contribution in [0.25, 0.3) is 0 Å². The SMILES string of the molecule is COc1ccc(NC(=O)c2ccc(C)o2)cc1S(=O)(=O)N(C)C. The molecule has 1 amide bonds. The molecule has 1 N–H and O–H groups in total. The van der Waals surface area contributed by atoms with Gasteiger partial charge in [0.2, 0.25) is 10.0 Å². The monoisotopic (exact) mass is 338 g/mol. The normalized spacial score (nSPS) is 11.5. The third kappa shape index (κ3) is 3.54. The summed E-state index contributed by atoms with van der Waals surface area (Å²) in [7, 11) is 0.523.